The number of nitrogens with one attached hydrogen (secondary N) is 3. The minimum atomic E-state index is -4.66. The van der Waals surface area contributed by atoms with E-state index in [-0.39, 0.29) is 17.8 Å². The first-order valence-corrected chi connectivity index (χ1v) is 11.2. The van der Waals surface area contributed by atoms with Crippen molar-refractivity contribution in [2.24, 2.45) is 10.9 Å². The summed E-state index contributed by atoms with van der Waals surface area (Å²) in [4.78, 5) is 17.7. The molecule has 2 atom stereocenters. The number of amides is 1. The number of piperidine rings is 1. The van der Waals surface area contributed by atoms with Gasteiger partial charge in [0, 0.05) is 43.7 Å². The fourth-order valence-corrected chi connectivity index (χ4v) is 3.92. The first-order chi connectivity index (χ1) is 16.8. The molecule has 1 aromatic rings. The Balaban J connectivity index is 2.29. The summed E-state index contributed by atoms with van der Waals surface area (Å²) in [7, 11) is 1.60. The molecule has 0 aliphatic carbocycles. The van der Waals surface area contributed by atoms with Crippen LogP contribution in [0.5, 0.6) is 0 Å². The van der Waals surface area contributed by atoms with Gasteiger partial charge in [-0.05, 0) is 24.5 Å². The monoisotopic (exact) mass is 511 g/mol. The Hall–Kier alpha value is -3.50. The van der Waals surface area contributed by atoms with E-state index in [9.17, 15) is 26.7 Å². The van der Waals surface area contributed by atoms with Crippen LogP contribution in [-0.2, 0) is 4.79 Å². The summed E-state index contributed by atoms with van der Waals surface area (Å²) in [6.07, 6.45) is -2.13. The van der Waals surface area contributed by atoms with E-state index in [2.05, 4.69) is 22.2 Å². The minimum absolute atomic E-state index is 0.0139. The van der Waals surface area contributed by atoms with Crippen molar-refractivity contribution in [3.8, 4) is 0 Å². The number of hydrogen-bond donors (Lipinski definition) is 3. The zero-order valence-corrected chi connectivity index (χ0v) is 20.3. The van der Waals surface area contributed by atoms with Gasteiger partial charge in [-0.25, -0.2) is 8.78 Å². The number of likely N-dealkylation sites (tertiary alicyclic amines) is 1. The maximum atomic E-state index is 14.5. The molecule has 1 heterocycles. The lowest BCUT2D eigenvalue weighted by Crippen LogP contribution is -2.59. The molecule has 36 heavy (non-hydrogen) atoms. The molecule has 1 amide bonds. The number of rotatable bonds is 9. The number of hydrogen-bond acceptors (Lipinski definition) is 5. The van der Waals surface area contributed by atoms with Crippen molar-refractivity contribution >= 4 is 22.9 Å². The van der Waals surface area contributed by atoms with Crippen molar-refractivity contribution < 1.29 is 26.7 Å². The number of carbonyl (C=O) groups is 1. The lowest BCUT2D eigenvalue weighted by Gasteiger charge is -2.43. The van der Waals surface area contributed by atoms with Crippen molar-refractivity contribution in [2.45, 2.75) is 38.4 Å². The molecule has 0 spiro atoms. The van der Waals surface area contributed by atoms with Gasteiger partial charge in [-0.3, -0.25) is 15.2 Å². The quantitative estimate of drug-likeness (QED) is 0.330. The van der Waals surface area contributed by atoms with E-state index in [0.29, 0.717) is 11.6 Å². The van der Waals surface area contributed by atoms with Gasteiger partial charge in [-0.15, -0.1) is 0 Å². The maximum absolute atomic E-state index is 14.5. The highest BCUT2D eigenvalue weighted by molar-refractivity contribution is 6.54. The Morgan fingerprint density at radius 1 is 1.31 bits per heavy atom. The van der Waals surface area contributed by atoms with Crippen LogP contribution < -0.4 is 10.6 Å². The third-order valence-corrected chi connectivity index (χ3v) is 5.67. The molecular weight excluding hydrogens is 481 g/mol. The van der Waals surface area contributed by atoms with Crippen molar-refractivity contribution in [2.75, 3.05) is 20.1 Å². The Morgan fingerprint density at radius 3 is 2.50 bits per heavy atom. The molecule has 0 saturated carbocycles. The van der Waals surface area contributed by atoms with Crippen molar-refractivity contribution in [1.82, 2.24) is 15.5 Å². The van der Waals surface area contributed by atoms with E-state index in [0.717, 1.165) is 11.1 Å². The zero-order valence-electron chi connectivity index (χ0n) is 20.3. The summed E-state index contributed by atoms with van der Waals surface area (Å²) in [5, 5.41) is 14.2. The molecule has 196 valence electrons. The van der Waals surface area contributed by atoms with Crippen LogP contribution in [0, 0.1) is 11.3 Å². The van der Waals surface area contributed by atoms with Gasteiger partial charge in [0.15, 0.2) is 0 Å². The summed E-state index contributed by atoms with van der Waals surface area (Å²) < 4.78 is 67.5. The van der Waals surface area contributed by atoms with Crippen molar-refractivity contribution in [3.63, 3.8) is 0 Å². The number of aliphatic imine (C=N–C) groups is 1. The summed E-state index contributed by atoms with van der Waals surface area (Å²) in [5.74, 6) is -4.67. The van der Waals surface area contributed by atoms with Crippen LogP contribution in [0.3, 0.4) is 0 Å². The summed E-state index contributed by atoms with van der Waals surface area (Å²) in [5.41, 5.74) is -0.583. The predicted octanol–water partition coefficient (Wildman–Crippen LogP) is 4.78. The Labute approximate surface area is 207 Å². The molecular formula is C25H30F5N5O. The molecule has 1 fully saturated rings. The second-order valence-electron chi connectivity index (χ2n) is 8.53. The van der Waals surface area contributed by atoms with Crippen LogP contribution in [-0.4, -0.2) is 60.5 Å². The van der Waals surface area contributed by atoms with Crippen LogP contribution in [0.2, 0.25) is 0 Å². The first-order valence-electron chi connectivity index (χ1n) is 11.2. The smallest absolute Gasteiger partial charge is 0.393 e. The molecule has 1 aromatic carbocycles. The molecule has 1 saturated heterocycles. The SMILES string of the molecule is C=C/C(=N\C=C(/C)NCC1C(C)CC(F)(F)CN1C(=O)C(=N)/C(=C\NC)c1ccccc1)C(F)(F)F. The number of allylic oxidation sites excluding steroid dienone is 2. The van der Waals surface area contributed by atoms with Gasteiger partial charge in [0.2, 0.25) is 0 Å². The summed E-state index contributed by atoms with van der Waals surface area (Å²) in [6.45, 7) is 5.26. The van der Waals surface area contributed by atoms with Crippen molar-refractivity contribution in [1.29, 1.82) is 5.41 Å². The minimum Gasteiger partial charge on any atom is -0.393 e. The molecule has 6 nitrogen and oxygen atoms in total. The third kappa shape index (κ3) is 7.50. The zero-order chi connectivity index (χ0) is 27.1. The fraction of sp³-hybridized carbons (Fsp3) is 0.400. The van der Waals surface area contributed by atoms with Gasteiger partial charge < -0.3 is 15.5 Å². The van der Waals surface area contributed by atoms with Gasteiger partial charge in [-0.2, -0.15) is 13.2 Å². The Bertz CT molecular complexity index is 1050. The normalized spacial score (nSPS) is 21.1. The van der Waals surface area contributed by atoms with Crippen LogP contribution in [0.1, 0.15) is 25.8 Å². The molecule has 2 rings (SSSR count). The molecule has 0 bridgehead atoms. The standard InChI is InChI=1S/C25H30F5N5O/c1-5-21(25(28,29)30)34-12-17(3)33-14-20-16(2)11-24(26,27)15-35(20)23(36)22(31)19(13-32-4)18-9-7-6-8-10-18/h5-10,12-13,16,20,31-33H,1,11,14-15H2,2-4H3/b17-12+,19-13-,31-22?,34-21+. The van der Waals surface area contributed by atoms with E-state index in [1.165, 1.54) is 13.1 Å². The lowest BCUT2D eigenvalue weighted by atomic mass is 9.87. The average molecular weight is 512 g/mol. The maximum Gasteiger partial charge on any atom is 0.433 e. The van der Waals surface area contributed by atoms with E-state index in [1.807, 2.05) is 0 Å². The molecule has 0 aromatic heterocycles. The number of carbonyl (C=O) groups excluding carboxylic acids is 1. The number of halogens is 5. The Morgan fingerprint density at radius 2 is 1.94 bits per heavy atom. The van der Waals surface area contributed by atoms with Gasteiger partial charge in [-0.1, -0.05) is 43.8 Å². The van der Waals surface area contributed by atoms with Crippen LogP contribution in [0.4, 0.5) is 22.0 Å². The van der Waals surface area contributed by atoms with Crippen LogP contribution in [0.25, 0.3) is 5.57 Å². The van der Waals surface area contributed by atoms with Gasteiger partial charge in [0.05, 0.1) is 12.6 Å². The third-order valence-electron chi connectivity index (χ3n) is 5.67. The summed E-state index contributed by atoms with van der Waals surface area (Å²) in [6, 6.07) is 7.89. The lowest BCUT2D eigenvalue weighted by molar-refractivity contribution is -0.145. The Kier molecular flexibility index (Phi) is 9.55. The second kappa shape index (κ2) is 12.0. The van der Waals surface area contributed by atoms with Gasteiger partial charge >= 0.3 is 6.18 Å². The predicted molar refractivity (Wildman–Crippen MR) is 131 cm³/mol. The molecule has 1 aliphatic rings. The van der Waals surface area contributed by atoms with Gasteiger partial charge in [0.25, 0.3) is 11.8 Å². The highest BCUT2D eigenvalue weighted by Crippen LogP contribution is 2.35. The molecule has 0 radical (unpaired) electrons. The molecule has 1 aliphatic heterocycles. The molecule has 2 unspecified atom stereocenters. The van der Waals surface area contributed by atoms with Crippen molar-refractivity contribution in [3.05, 3.63) is 66.6 Å². The second-order valence-corrected chi connectivity index (χ2v) is 8.53. The fourth-order valence-electron chi connectivity index (χ4n) is 3.92. The van der Waals surface area contributed by atoms with E-state index in [4.69, 9.17) is 5.41 Å². The van der Waals surface area contributed by atoms with Crippen LogP contribution in [0.15, 0.2) is 66.1 Å². The van der Waals surface area contributed by atoms with E-state index in [1.54, 1.807) is 44.3 Å². The largest absolute Gasteiger partial charge is 0.433 e. The highest BCUT2D eigenvalue weighted by Gasteiger charge is 2.46. The van der Waals surface area contributed by atoms with E-state index < -0.39 is 54.4 Å². The number of alkyl halides is 5. The molecule has 3 N–H and O–H groups in total. The average Bonchev–Trinajstić information content (AvgIpc) is 2.80. The van der Waals surface area contributed by atoms with Gasteiger partial charge in [0.1, 0.15) is 11.4 Å². The summed E-state index contributed by atoms with van der Waals surface area (Å²) >= 11 is 0. The number of benzene rings is 1. The van der Waals surface area contributed by atoms with E-state index >= 15 is 0 Å². The topological polar surface area (TPSA) is 80.6 Å². The highest BCUT2D eigenvalue weighted by atomic mass is 19.4. The van der Waals surface area contributed by atoms with Crippen LogP contribution >= 0.6 is 0 Å². The first kappa shape index (κ1) is 28.7. The number of nitrogens with zero attached hydrogens (tertiary/aromatic N) is 2. The molecule has 11 heteroatoms.